The summed E-state index contributed by atoms with van der Waals surface area (Å²) in [6, 6.07) is 0. The molecule has 0 aromatic rings. The van der Waals surface area contributed by atoms with Crippen molar-refractivity contribution >= 4 is 11.8 Å². The summed E-state index contributed by atoms with van der Waals surface area (Å²) in [6.07, 6.45) is 6.73. The van der Waals surface area contributed by atoms with E-state index in [2.05, 4.69) is 27.7 Å². The summed E-state index contributed by atoms with van der Waals surface area (Å²) in [6.45, 7) is 10.0. The molecule has 0 aliphatic carbocycles. The predicted octanol–water partition coefficient (Wildman–Crippen LogP) is 2.92. The zero-order valence-corrected chi connectivity index (χ0v) is 13.1. The van der Waals surface area contributed by atoms with E-state index in [9.17, 15) is 9.59 Å². The molecule has 0 saturated heterocycles. The van der Waals surface area contributed by atoms with Crippen molar-refractivity contribution in [2.24, 2.45) is 5.41 Å². The van der Waals surface area contributed by atoms with Crippen LogP contribution in [-0.2, 0) is 14.3 Å². The van der Waals surface area contributed by atoms with Crippen molar-refractivity contribution < 1.29 is 14.3 Å². The largest absolute Gasteiger partial charge is 0.378 e. The fourth-order valence-electron chi connectivity index (χ4n) is 2.00. The molecule has 0 spiro atoms. The lowest BCUT2D eigenvalue weighted by Crippen LogP contribution is -2.30. The topological polar surface area (TPSA) is 46.6 Å². The van der Waals surface area contributed by atoms with Crippen LogP contribution in [0.4, 0.5) is 0 Å². The Labute approximate surface area is 122 Å². The first kappa shape index (κ1) is 16.9. The van der Waals surface area contributed by atoms with Crippen molar-refractivity contribution in [2.45, 2.75) is 59.5 Å². The lowest BCUT2D eigenvalue weighted by atomic mass is 9.93. The van der Waals surface area contributed by atoms with Gasteiger partial charge in [-0.1, -0.05) is 20.8 Å². The number of hydrogen-bond acceptors (Lipinski definition) is 3. The van der Waals surface area contributed by atoms with Crippen LogP contribution < -0.4 is 0 Å². The second kappa shape index (κ2) is 7.58. The van der Waals surface area contributed by atoms with Gasteiger partial charge in [0.15, 0.2) is 0 Å². The molecule has 1 heterocycles. The first-order chi connectivity index (χ1) is 9.29. The molecule has 0 radical (unpaired) electrons. The third-order valence-corrected chi connectivity index (χ3v) is 3.40. The van der Waals surface area contributed by atoms with E-state index in [1.54, 1.807) is 0 Å². The van der Waals surface area contributed by atoms with Crippen LogP contribution in [0.5, 0.6) is 0 Å². The van der Waals surface area contributed by atoms with Gasteiger partial charge in [-0.25, -0.2) is 0 Å². The Bertz CT molecular complexity index is 350. The molecular weight excluding hydrogens is 254 g/mol. The Kier molecular flexibility index (Phi) is 6.40. The number of rotatable bonds is 8. The van der Waals surface area contributed by atoms with Crippen LogP contribution in [0.25, 0.3) is 0 Å². The molecule has 0 bridgehead atoms. The van der Waals surface area contributed by atoms with Gasteiger partial charge in [0.05, 0.1) is 6.10 Å². The van der Waals surface area contributed by atoms with E-state index in [-0.39, 0.29) is 17.9 Å². The van der Waals surface area contributed by atoms with E-state index >= 15 is 0 Å². The molecule has 1 unspecified atom stereocenters. The fourth-order valence-corrected chi connectivity index (χ4v) is 2.00. The van der Waals surface area contributed by atoms with Crippen molar-refractivity contribution in [3.05, 3.63) is 12.2 Å². The molecule has 4 heteroatoms. The number of carbonyl (C=O) groups excluding carboxylic acids is 2. The van der Waals surface area contributed by atoms with E-state index in [1.807, 2.05) is 0 Å². The van der Waals surface area contributed by atoms with Gasteiger partial charge in [-0.2, -0.15) is 0 Å². The molecule has 114 valence electrons. The van der Waals surface area contributed by atoms with E-state index in [4.69, 9.17) is 4.74 Å². The van der Waals surface area contributed by atoms with Gasteiger partial charge >= 0.3 is 0 Å². The van der Waals surface area contributed by atoms with Crippen LogP contribution in [0.15, 0.2) is 12.2 Å². The van der Waals surface area contributed by atoms with E-state index in [0.29, 0.717) is 12.0 Å². The summed E-state index contributed by atoms with van der Waals surface area (Å²) in [4.78, 5) is 24.0. The minimum atomic E-state index is -0.190. The van der Waals surface area contributed by atoms with Crippen LogP contribution in [0.2, 0.25) is 0 Å². The van der Waals surface area contributed by atoms with Crippen LogP contribution in [-0.4, -0.2) is 36.0 Å². The van der Waals surface area contributed by atoms with Gasteiger partial charge in [-0.3, -0.25) is 14.5 Å². The first-order valence-electron chi connectivity index (χ1n) is 7.45. The summed E-state index contributed by atoms with van der Waals surface area (Å²) < 4.78 is 5.77. The lowest BCUT2D eigenvalue weighted by Gasteiger charge is -2.20. The molecule has 20 heavy (non-hydrogen) atoms. The predicted molar refractivity (Wildman–Crippen MR) is 79.2 cm³/mol. The summed E-state index contributed by atoms with van der Waals surface area (Å²) >= 11 is 0. The summed E-state index contributed by atoms with van der Waals surface area (Å²) in [5.74, 6) is -0.381. The standard InChI is InChI=1S/C16H27NO3/c1-13(20-12-10-16(2,3)4)7-5-6-11-17-14(18)8-9-15(17)19/h8-9,13H,5-7,10-12H2,1-4H3. The second-order valence-corrected chi connectivity index (χ2v) is 6.65. The van der Waals surface area contributed by atoms with Gasteiger partial charge in [0, 0.05) is 25.3 Å². The maximum atomic E-state index is 11.3. The third kappa shape index (κ3) is 6.33. The van der Waals surface area contributed by atoms with Gasteiger partial charge in [-0.05, 0) is 38.0 Å². The molecule has 0 aromatic carbocycles. The van der Waals surface area contributed by atoms with Crippen LogP contribution in [0.1, 0.15) is 53.4 Å². The number of carbonyl (C=O) groups is 2. The average molecular weight is 281 g/mol. The van der Waals surface area contributed by atoms with Crippen molar-refractivity contribution in [3.8, 4) is 0 Å². The van der Waals surface area contributed by atoms with Crippen LogP contribution in [0.3, 0.4) is 0 Å². The minimum absolute atomic E-state index is 0.190. The quantitative estimate of drug-likeness (QED) is 0.507. The van der Waals surface area contributed by atoms with Crippen molar-refractivity contribution in [2.75, 3.05) is 13.2 Å². The molecule has 1 rings (SSSR count). The average Bonchev–Trinajstić information content (AvgIpc) is 2.64. The van der Waals surface area contributed by atoms with Crippen molar-refractivity contribution in [1.82, 2.24) is 4.90 Å². The zero-order valence-electron chi connectivity index (χ0n) is 13.1. The van der Waals surface area contributed by atoms with Crippen molar-refractivity contribution in [3.63, 3.8) is 0 Å². The number of imide groups is 1. The molecule has 1 aliphatic rings. The highest BCUT2D eigenvalue weighted by Gasteiger charge is 2.22. The maximum Gasteiger partial charge on any atom is 0.253 e. The second-order valence-electron chi connectivity index (χ2n) is 6.65. The van der Waals surface area contributed by atoms with Gasteiger partial charge in [-0.15, -0.1) is 0 Å². The number of hydrogen-bond donors (Lipinski definition) is 0. The molecule has 4 nitrogen and oxygen atoms in total. The van der Waals surface area contributed by atoms with Gasteiger partial charge in [0.2, 0.25) is 0 Å². The van der Waals surface area contributed by atoms with Gasteiger partial charge in [0.1, 0.15) is 0 Å². The number of ether oxygens (including phenoxy) is 1. The van der Waals surface area contributed by atoms with E-state index in [0.717, 1.165) is 32.3 Å². The normalized spacial score (nSPS) is 17.1. The summed E-state index contributed by atoms with van der Waals surface area (Å²) in [5, 5.41) is 0. The Balaban J connectivity index is 2.06. The SMILES string of the molecule is CC(CCCCN1C(=O)C=CC1=O)OCCC(C)(C)C. The van der Waals surface area contributed by atoms with Crippen molar-refractivity contribution in [1.29, 1.82) is 0 Å². The number of unbranched alkanes of at least 4 members (excludes halogenated alkanes) is 1. The Hall–Kier alpha value is -1.16. The van der Waals surface area contributed by atoms with E-state index in [1.165, 1.54) is 17.1 Å². The highest BCUT2D eigenvalue weighted by molar-refractivity contribution is 6.12. The van der Waals surface area contributed by atoms with Crippen LogP contribution >= 0.6 is 0 Å². The zero-order chi connectivity index (χ0) is 15.2. The Morgan fingerprint density at radius 1 is 1.15 bits per heavy atom. The molecule has 0 saturated carbocycles. The third-order valence-electron chi connectivity index (χ3n) is 3.40. The van der Waals surface area contributed by atoms with Crippen LogP contribution in [0, 0.1) is 5.41 Å². The van der Waals surface area contributed by atoms with Gasteiger partial charge in [0.25, 0.3) is 11.8 Å². The monoisotopic (exact) mass is 281 g/mol. The van der Waals surface area contributed by atoms with Gasteiger partial charge < -0.3 is 4.74 Å². The number of nitrogens with zero attached hydrogens (tertiary/aromatic N) is 1. The molecule has 1 atom stereocenters. The molecular formula is C16H27NO3. The fraction of sp³-hybridized carbons (Fsp3) is 0.750. The smallest absolute Gasteiger partial charge is 0.253 e. The van der Waals surface area contributed by atoms with E-state index < -0.39 is 0 Å². The molecule has 2 amide bonds. The molecule has 0 fully saturated rings. The Morgan fingerprint density at radius 3 is 2.30 bits per heavy atom. The number of amides is 2. The molecule has 0 N–H and O–H groups in total. The first-order valence-corrected chi connectivity index (χ1v) is 7.45. The Morgan fingerprint density at radius 2 is 1.75 bits per heavy atom. The lowest BCUT2D eigenvalue weighted by molar-refractivity contribution is -0.136. The molecule has 1 aliphatic heterocycles. The maximum absolute atomic E-state index is 11.3. The highest BCUT2D eigenvalue weighted by Crippen LogP contribution is 2.19. The molecule has 0 aromatic heterocycles. The highest BCUT2D eigenvalue weighted by atomic mass is 16.5. The summed E-state index contributed by atoms with van der Waals surface area (Å²) in [7, 11) is 0. The summed E-state index contributed by atoms with van der Waals surface area (Å²) in [5.41, 5.74) is 0.309. The minimum Gasteiger partial charge on any atom is -0.378 e.